The van der Waals surface area contributed by atoms with Gasteiger partial charge >= 0.3 is 0 Å². The first-order chi connectivity index (χ1) is 12.8. The molecule has 0 unspecified atom stereocenters. The van der Waals surface area contributed by atoms with Gasteiger partial charge in [0, 0.05) is 37.1 Å². The van der Waals surface area contributed by atoms with Crippen LogP contribution in [0.4, 0.5) is 0 Å². The third-order valence-electron chi connectivity index (χ3n) is 3.92. The summed E-state index contributed by atoms with van der Waals surface area (Å²) in [6.07, 6.45) is 5.90. The first-order valence-electron chi connectivity index (χ1n) is 8.98. The number of aliphatic imine (C=N–C) groups is 1. The summed E-state index contributed by atoms with van der Waals surface area (Å²) in [4.78, 5) is 6.03. The average Bonchev–Trinajstić information content (AvgIpc) is 3.34. The number of para-hydroxylation sites is 1. The van der Waals surface area contributed by atoms with E-state index in [-0.39, 0.29) is 0 Å². The first kappa shape index (κ1) is 18.2. The van der Waals surface area contributed by atoms with Gasteiger partial charge in [0.2, 0.25) is 0 Å². The van der Waals surface area contributed by atoms with Gasteiger partial charge in [-0.1, -0.05) is 24.3 Å². The lowest BCUT2D eigenvalue weighted by atomic mass is 10.2. The van der Waals surface area contributed by atoms with E-state index in [1.165, 1.54) is 10.4 Å². The Bertz CT molecular complexity index is 793. The fourth-order valence-electron chi connectivity index (χ4n) is 2.61. The summed E-state index contributed by atoms with van der Waals surface area (Å²) in [6, 6.07) is 14.4. The average molecular weight is 368 g/mol. The third-order valence-corrected chi connectivity index (χ3v) is 4.85. The summed E-state index contributed by atoms with van der Waals surface area (Å²) in [5.74, 6) is 0.875. The van der Waals surface area contributed by atoms with Gasteiger partial charge in [-0.3, -0.25) is 4.99 Å². The molecule has 2 heterocycles. The van der Waals surface area contributed by atoms with Crippen LogP contribution < -0.4 is 10.6 Å². The van der Waals surface area contributed by atoms with Crippen LogP contribution in [0, 0.1) is 0 Å². The van der Waals surface area contributed by atoms with E-state index in [0.29, 0.717) is 0 Å². The zero-order valence-corrected chi connectivity index (χ0v) is 15.9. The molecule has 136 valence electrons. The van der Waals surface area contributed by atoms with Crippen LogP contribution in [0.2, 0.25) is 0 Å². The molecule has 1 aromatic carbocycles. The molecular formula is C20H25N5S. The smallest absolute Gasteiger partial charge is 0.191 e. The Kier molecular flexibility index (Phi) is 6.84. The number of hydrogen-bond donors (Lipinski definition) is 2. The Labute approximate surface area is 158 Å². The minimum absolute atomic E-state index is 0.793. The van der Waals surface area contributed by atoms with Crippen LogP contribution >= 0.6 is 11.3 Å². The van der Waals surface area contributed by atoms with E-state index in [1.54, 1.807) is 11.3 Å². The Morgan fingerprint density at radius 1 is 1.12 bits per heavy atom. The monoisotopic (exact) mass is 367 g/mol. The van der Waals surface area contributed by atoms with E-state index in [1.807, 2.05) is 29.1 Å². The normalized spacial score (nSPS) is 11.5. The molecule has 0 bridgehead atoms. The minimum atomic E-state index is 0.793. The number of nitrogens with one attached hydrogen (secondary N) is 2. The van der Waals surface area contributed by atoms with Crippen LogP contribution in [0.25, 0.3) is 5.69 Å². The zero-order chi connectivity index (χ0) is 18.0. The van der Waals surface area contributed by atoms with Gasteiger partial charge in [0.05, 0.1) is 11.9 Å². The Morgan fingerprint density at radius 3 is 2.77 bits per heavy atom. The Morgan fingerprint density at radius 2 is 2.00 bits per heavy atom. The van der Waals surface area contributed by atoms with Gasteiger partial charge in [-0.05, 0) is 42.5 Å². The molecule has 0 aliphatic rings. The van der Waals surface area contributed by atoms with Crippen molar-refractivity contribution < 1.29 is 0 Å². The van der Waals surface area contributed by atoms with Gasteiger partial charge in [0.15, 0.2) is 5.96 Å². The van der Waals surface area contributed by atoms with E-state index < -0.39 is 0 Å². The van der Waals surface area contributed by atoms with Crippen molar-refractivity contribution in [3.63, 3.8) is 0 Å². The first-order valence-corrected chi connectivity index (χ1v) is 9.86. The number of aromatic nitrogens is 2. The lowest BCUT2D eigenvalue weighted by molar-refractivity contribution is 0.797. The topological polar surface area (TPSA) is 54.2 Å². The van der Waals surface area contributed by atoms with Gasteiger partial charge in [0.25, 0.3) is 0 Å². The van der Waals surface area contributed by atoms with E-state index in [9.17, 15) is 0 Å². The Balaban J connectivity index is 1.47. The molecule has 2 N–H and O–H groups in total. The van der Waals surface area contributed by atoms with Crippen LogP contribution in [0.5, 0.6) is 0 Å². The van der Waals surface area contributed by atoms with Crippen molar-refractivity contribution in [3.05, 3.63) is 70.7 Å². The van der Waals surface area contributed by atoms with Crippen molar-refractivity contribution in [2.24, 2.45) is 4.99 Å². The summed E-state index contributed by atoms with van der Waals surface area (Å²) < 4.78 is 1.91. The van der Waals surface area contributed by atoms with Crippen LogP contribution in [0.1, 0.15) is 17.4 Å². The molecule has 3 rings (SSSR count). The van der Waals surface area contributed by atoms with E-state index in [2.05, 4.69) is 63.5 Å². The fraction of sp³-hybridized carbons (Fsp3) is 0.300. The predicted molar refractivity (Wildman–Crippen MR) is 109 cm³/mol. The highest BCUT2D eigenvalue weighted by molar-refractivity contribution is 7.09. The lowest BCUT2D eigenvalue weighted by Crippen LogP contribution is -2.38. The van der Waals surface area contributed by atoms with E-state index >= 15 is 0 Å². The molecule has 0 saturated carbocycles. The summed E-state index contributed by atoms with van der Waals surface area (Å²) in [6.45, 7) is 4.56. The van der Waals surface area contributed by atoms with Crippen LogP contribution in [-0.4, -0.2) is 35.4 Å². The second kappa shape index (κ2) is 9.77. The largest absolute Gasteiger partial charge is 0.357 e. The lowest BCUT2D eigenvalue weighted by Gasteiger charge is -2.10. The van der Waals surface area contributed by atoms with Gasteiger partial charge in [0.1, 0.15) is 0 Å². The van der Waals surface area contributed by atoms with Gasteiger partial charge in [-0.25, -0.2) is 4.68 Å². The molecule has 0 aliphatic heterocycles. The van der Waals surface area contributed by atoms with Gasteiger partial charge in [-0.15, -0.1) is 11.3 Å². The molecule has 26 heavy (non-hydrogen) atoms. The molecule has 0 saturated heterocycles. The number of nitrogens with zero attached hydrogens (tertiary/aromatic N) is 3. The van der Waals surface area contributed by atoms with Crippen LogP contribution in [0.3, 0.4) is 0 Å². The van der Waals surface area contributed by atoms with E-state index in [4.69, 9.17) is 0 Å². The molecule has 2 aromatic heterocycles. The van der Waals surface area contributed by atoms with Gasteiger partial charge < -0.3 is 10.6 Å². The summed E-state index contributed by atoms with van der Waals surface area (Å²) in [7, 11) is 0. The molecule has 6 heteroatoms. The van der Waals surface area contributed by atoms with E-state index in [0.717, 1.165) is 44.1 Å². The second-order valence-corrected chi connectivity index (χ2v) is 6.93. The standard InChI is InChI=1S/C20H25N5S/c1-2-21-20(23-13-11-19-9-6-14-26-19)22-12-10-17-15-24-25(16-17)18-7-4-3-5-8-18/h3-9,14-16H,2,10-13H2,1H3,(H2,21,22,23). The summed E-state index contributed by atoms with van der Waals surface area (Å²) in [5.41, 5.74) is 2.28. The second-order valence-electron chi connectivity index (χ2n) is 5.90. The van der Waals surface area contributed by atoms with Crippen LogP contribution in [-0.2, 0) is 12.8 Å². The number of benzene rings is 1. The maximum Gasteiger partial charge on any atom is 0.191 e. The van der Waals surface area contributed by atoms with Crippen molar-refractivity contribution in [3.8, 4) is 5.69 Å². The molecular weight excluding hydrogens is 342 g/mol. The highest BCUT2D eigenvalue weighted by Gasteiger charge is 2.02. The molecule has 3 aromatic rings. The zero-order valence-electron chi connectivity index (χ0n) is 15.1. The SMILES string of the molecule is CCNC(=NCCc1cccs1)NCCc1cnn(-c2ccccc2)c1. The maximum atomic E-state index is 4.65. The van der Waals surface area contributed by atoms with Crippen molar-refractivity contribution in [2.45, 2.75) is 19.8 Å². The third kappa shape index (κ3) is 5.46. The van der Waals surface area contributed by atoms with Crippen molar-refractivity contribution in [1.82, 2.24) is 20.4 Å². The molecule has 0 spiro atoms. The number of hydrogen-bond acceptors (Lipinski definition) is 3. The van der Waals surface area contributed by atoms with Gasteiger partial charge in [-0.2, -0.15) is 5.10 Å². The quantitative estimate of drug-likeness (QED) is 0.475. The fourth-order valence-corrected chi connectivity index (χ4v) is 3.31. The molecule has 0 atom stereocenters. The highest BCUT2D eigenvalue weighted by Crippen LogP contribution is 2.09. The van der Waals surface area contributed by atoms with Crippen molar-refractivity contribution >= 4 is 17.3 Å². The minimum Gasteiger partial charge on any atom is -0.357 e. The van der Waals surface area contributed by atoms with Crippen molar-refractivity contribution in [1.29, 1.82) is 0 Å². The van der Waals surface area contributed by atoms with Crippen LogP contribution in [0.15, 0.2) is 65.2 Å². The highest BCUT2D eigenvalue weighted by atomic mass is 32.1. The maximum absolute atomic E-state index is 4.65. The summed E-state index contributed by atoms with van der Waals surface area (Å²) >= 11 is 1.78. The van der Waals surface area contributed by atoms with Crippen molar-refractivity contribution in [2.75, 3.05) is 19.6 Å². The molecule has 0 fully saturated rings. The number of guanidine groups is 1. The molecule has 5 nitrogen and oxygen atoms in total. The predicted octanol–water partition coefficient (Wildman–Crippen LogP) is 3.27. The molecule has 0 aliphatic carbocycles. The molecule has 0 amide bonds. The molecule has 0 radical (unpaired) electrons. The number of thiophene rings is 1. The Hall–Kier alpha value is -2.60. The number of rotatable bonds is 8. The summed E-state index contributed by atoms with van der Waals surface area (Å²) in [5, 5.41) is 13.3.